The third kappa shape index (κ3) is 3.97. The summed E-state index contributed by atoms with van der Waals surface area (Å²) in [5.74, 6) is 0.721. The number of benzene rings is 1. The van der Waals surface area contributed by atoms with Crippen LogP contribution in [0.4, 0.5) is 0 Å². The van der Waals surface area contributed by atoms with Crippen molar-refractivity contribution in [3.63, 3.8) is 0 Å². The normalized spacial score (nSPS) is 15.2. The van der Waals surface area contributed by atoms with Crippen LogP contribution in [0.3, 0.4) is 0 Å². The number of amides is 1. The third-order valence-corrected chi connectivity index (χ3v) is 4.50. The fourth-order valence-corrected chi connectivity index (χ4v) is 3.20. The van der Waals surface area contributed by atoms with Crippen LogP contribution in [0.15, 0.2) is 36.4 Å². The molecule has 1 aliphatic heterocycles. The number of halogens is 1. The number of nitrogens with zero attached hydrogens (tertiary/aromatic N) is 3. The van der Waals surface area contributed by atoms with Gasteiger partial charge >= 0.3 is 0 Å². The van der Waals surface area contributed by atoms with E-state index in [0.29, 0.717) is 11.6 Å². The number of hydrogen-bond acceptors (Lipinski definition) is 3. The van der Waals surface area contributed by atoms with E-state index >= 15 is 0 Å². The Morgan fingerprint density at radius 1 is 1.25 bits per heavy atom. The van der Waals surface area contributed by atoms with E-state index in [2.05, 4.69) is 10.4 Å². The van der Waals surface area contributed by atoms with Crippen LogP contribution >= 0.6 is 12.4 Å². The van der Waals surface area contributed by atoms with Crippen molar-refractivity contribution in [2.24, 2.45) is 5.92 Å². The van der Waals surface area contributed by atoms with Gasteiger partial charge in [0.25, 0.3) is 5.91 Å². The predicted molar refractivity (Wildman–Crippen MR) is 98.1 cm³/mol. The summed E-state index contributed by atoms with van der Waals surface area (Å²) in [7, 11) is 1.98. The summed E-state index contributed by atoms with van der Waals surface area (Å²) in [6.07, 6.45) is 2.12. The zero-order chi connectivity index (χ0) is 16.2. The first-order chi connectivity index (χ1) is 11.2. The Bertz CT molecular complexity index is 663. The van der Waals surface area contributed by atoms with Crippen LogP contribution in [0.2, 0.25) is 0 Å². The number of nitrogens with one attached hydrogen (secondary N) is 1. The van der Waals surface area contributed by atoms with E-state index in [1.165, 1.54) is 0 Å². The van der Waals surface area contributed by atoms with E-state index in [0.717, 1.165) is 43.9 Å². The molecule has 0 atom stereocenters. The van der Waals surface area contributed by atoms with Crippen LogP contribution in [0, 0.1) is 12.8 Å². The molecular formula is C18H25ClN4O. The van der Waals surface area contributed by atoms with Gasteiger partial charge in [-0.1, -0.05) is 18.2 Å². The summed E-state index contributed by atoms with van der Waals surface area (Å²) in [5.41, 5.74) is 2.50. The topological polar surface area (TPSA) is 50.2 Å². The first-order valence-corrected chi connectivity index (χ1v) is 8.25. The van der Waals surface area contributed by atoms with Gasteiger partial charge in [-0.15, -0.1) is 12.4 Å². The van der Waals surface area contributed by atoms with Crippen molar-refractivity contribution in [1.29, 1.82) is 0 Å². The van der Waals surface area contributed by atoms with Crippen LogP contribution in [0.1, 0.15) is 29.0 Å². The van der Waals surface area contributed by atoms with Gasteiger partial charge in [0, 0.05) is 18.8 Å². The molecule has 1 N–H and O–H groups in total. The average Bonchev–Trinajstić information content (AvgIpc) is 2.98. The molecule has 3 rings (SSSR count). The molecule has 1 aliphatic rings. The molecule has 130 valence electrons. The van der Waals surface area contributed by atoms with Crippen molar-refractivity contribution in [2.45, 2.75) is 19.8 Å². The second-order valence-electron chi connectivity index (χ2n) is 6.21. The lowest BCUT2D eigenvalue weighted by molar-refractivity contribution is 0.0684. The van der Waals surface area contributed by atoms with Crippen LogP contribution in [-0.2, 0) is 0 Å². The van der Waals surface area contributed by atoms with Crippen LogP contribution in [0.25, 0.3) is 5.69 Å². The van der Waals surface area contributed by atoms with Crippen molar-refractivity contribution in [2.75, 3.05) is 26.7 Å². The van der Waals surface area contributed by atoms with Gasteiger partial charge in [0.2, 0.25) is 0 Å². The Morgan fingerprint density at radius 3 is 2.54 bits per heavy atom. The highest BCUT2D eigenvalue weighted by molar-refractivity contribution is 5.92. The Hall–Kier alpha value is -1.85. The molecule has 5 nitrogen and oxygen atoms in total. The van der Waals surface area contributed by atoms with Crippen molar-refractivity contribution < 1.29 is 4.79 Å². The molecule has 1 amide bonds. The average molecular weight is 349 g/mol. The molecule has 1 fully saturated rings. The molecule has 24 heavy (non-hydrogen) atoms. The first-order valence-electron chi connectivity index (χ1n) is 8.25. The fraction of sp³-hybridized carbons (Fsp3) is 0.444. The first kappa shape index (κ1) is 18.5. The smallest absolute Gasteiger partial charge is 0.274 e. The predicted octanol–water partition coefficient (Wildman–Crippen LogP) is 2.67. The number of aromatic nitrogens is 2. The van der Waals surface area contributed by atoms with Crippen molar-refractivity contribution >= 4 is 18.3 Å². The van der Waals surface area contributed by atoms with E-state index in [9.17, 15) is 4.79 Å². The number of carbonyl (C=O) groups is 1. The maximum absolute atomic E-state index is 12.7. The molecular weight excluding hydrogens is 324 g/mol. The molecule has 0 unspecified atom stereocenters. The number of piperidine rings is 1. The fourth-order valence-electron chi connectivity index (χ4n) is 3.20. The molecule has 6 heteroatoms. The minimum atomic E-state index is 0. The van der Waals surface area contributed by atoms with E-state index in [1.807, 2.05) is 60.0 Å². The van der Waals surface area contributed by atoms with Crippen LogP contribution < -0.4 is 5.32 Å². The zero-order valence-electron chi connectivity index (χ0n) is 14.2. The molecule has 0 spiro atoms. The summed E-state index contributed by atoms with van der Waals surface area (Å²) in [6, 6.07) is 11.8. The second kappa shape index (κ2) is 8.31. The van der Waals surface area contributed by atoms with E-state index < -0.39 is 0 Å². The van der Waals surface area contributed by atoms with Gasteiger partial charge in [-0.25, -0.2) is 4.68 Å². The lowest BCUT2D eigenvalue weighted by Gasteiger charge is -2.31. The maximum atomic E-state index is 12.7. The number of hydrogen-bond donors (Lipinski definition) is 1. The standard InChI is InChI=1S/C18H24N4O.ClH/c1-14-12-17(20-22(14)16-6-4-3-5-7-16)18(23)21-10-8-15(9-11-21)13-19-2;/h3-7,12,15,19H,8-11,13H2,1-2H3;1H. The molecule has 0 radical (unpaired) electrons. The van der Waals surface area contributed by atoms with Gasteiger partial charge in [0.05, 0.1) is 5.69 Å². The van der Waals surface area contributed by atoms with E-state index in [4.69, 9.17) is 0 Å². The molecule has 0 saturated carbocycles. The molecule has 2 heterocycles. The highest BCUT2D eigenvalue weighted by atomic mass is 35.5. The summed E-state index contributed by atoms with van der Waals surface area (Å²) in [4.78, 5) is 14.6. The SMILES string of the molecule is CNCC1CCN(C(=O)c2cc(C)n(-c3ccccc3)n2)CC1.Cl. The molecule has 1 aromatic heterocycles. The van der Waals surface area contributed by atoms with Gasteiger partial charge in [0.15, 0.2) is 5.69 Å². The van der Waals surface area contributed by atoms with Crippen molar-refractivity contribution in [3.05, 3.63) is 47.8 Å². The Labute approximate surface area is 149 Å². The molecule has 0 bridgehead atoms. The molecule has 1 saturated heterocycles. The van der Waals surface area contributed by atoms with Gasteiger partial charge in [-0.2, -0.15) is 5.10 Å². The second-order valence-corrected chi connectivity index (χ2v) is 6.21. The molecule has 1 aromatic carbocycles. The number of aryl methyl sites for hydroxylation is 1. The van der Waals surface area contributed by atoms with Gasteiger partial charge in [-0.05, 0) is 57.5 Å². The molecule has 0 aliphatic carbocycles. The van der Waals surface area contributed by atoms with Crippen LogP contribution in [-0.4, -0.2) is 47.3 Å². The largest absolute Gasteiger partial charge is 0.337 e. The number of carbonyl (C=O) groups excluding carboxylic acids is 1. The lowest BCUT2D eigenvalue weighted by Crippen LogP contribution is -2.40. The highest BCUT2D eigenvalue weighted by Gasteiger charge is 2.25. The summed E-state index contributed by atoms with van der Waals surface area (Å²) < 4.78 is 1.83. The Kier molecular flexibility index (Phi) is 6.40. The van der Waals surface area contributed by atoms with E-state index in [-0.39, 0.29) is 18.3 Å². The van der Waals surface area contributed by atoms with Crippen molar-refractivity contribution in [1.82, 2.24) is 20.0 Å². The lowest BCUT2D eigenvalue weighted by atomic mass is 9.96. The van der Waals surface area contributed by atoms with Gasteiger partial charge < -0.3 is 10.2 Å². The molecule has 2 aromatic rings. The number of likely N-dealkylation sites (tertiary alicyclic amines) is 1. The van der Waals surface area contributed by atoms with Gasteiger partial charge in [0.1, 0.15) is 0 Å². The summed E-state index contributed by atoms with van der Waals surface area (Å²) in [5, 5.41) is 7.75. The van der Waals surface area contributed by atoms with E-state index in [1.54, 1.807) is 0 Å². The Balaban J connectivity index is 0.00000208. The Morgan fingerprint density at radius 2 is 1.92 bits per heavy atom. The minimum Gasteiger partial charge on any atom is -0.337 e. The summed E-state index contributed by atoms with van der Waals surface area (Å²) >= 11 is 0. The monoisotopic (exact) mass is 348 g/mol. The number of para-hydroxylation sites is 1. The van der Waals surface area contributed by atoms with Crippen molar-refractivity contribution in [3.8, 4) is 5.69 Å². The number of rotatable bonds is 4. The maximum Gasteiger partial charge on any atom is 0.274 e. The zero-order valence-corrected chi connectivity index (χ0v) is 15.1. The third-order valence-electron chi connectivity index (χ3n) is 4.50. The quantitative estimate of drug-likeness (QED) is 0.924. The highest BCUT2D eigenvalue weighted by Crippen LogP contribution is 2.19. The minimum absolute atomic E-state index is 0. The summed E-state index contributed by atoms with van der Waals surface area (Å²) in [6.45, 7) is 4.66. The van der Waals surface area contributed by atoms with Crippen LogP contribution in [0.5, 0.6) is 0 Å². The van der Waals surface area contributed by atoms with Gasteiger partial charge in [-0.3, -0.25) is 4.79 Å².